The standard InChI is InChI=1S/C17H16Cl2FN3O2/c1-9(11-7-14(20)13(19)8-12(11)18)22-15(16(24)23-17(21)25)10-5-3-2-4-6-10/h2-9,15,22H,1H3,(H3,21,23,24,25)/t9-,15+/m0/s1. The van der Waals surface area contributed by atoms with E-state index in [4.69, 9.17) is 28.9 Å². The van der Waals surface area contributed by atoms with Gasteiger partial charge >= 0.3 is 6.03 Å². The van der Waals surface area contributed by atoms with Crippen LogP contribution in [0.5, 0.6) is 0 Å². The molecule has 4 N–H and O–H groups in total. The number of urea groups is 1. The summed E-state index contributed by atoms with van der Waals surface area (Å²) in [6.45, 7) is 1.71. The lowest BCUT2D eigenvalue weighted by Crippen LogP contribution is -2.43. The molecular weight excluding hydrogens is 368 g/mol. The van der Waals surface area contributed by atoms with Gasteiger partial charge < -0.3 is 5.73 Å². The van der Waals surface area contributed by atoms with Gasteiger partial charge in [0.15, 0.2) is 0 Å². The maximum absolute atomic E-state index is 13.8. The van der Waals surface area contributed by atoms with E-state index in [0.717, 1.165) is 0 Å². The minimum atomic E-state index is -0.962. The fourth-order valence-electron chi connectivity index (χ4n) is 2.37. The molecule has 0 aromatic heterocycles. The first-order chi connectivity index (χ1) is 11.8. The number of nitrogens with two attached hydrogens (primary N) is 1. The van der Waals surface area contributed by atoms with Crippen molar-refractivity contribution in [3.05, 3.63) is 69.5 Å². The molecule has 0 spiro atoms. The zero-order valence-electron chi connectivity index (χ0n) is 13.2. The number of halogens is 3. The normalized spacial score (nSPS) is 13.1. The van der Waals surface area contributed by atoms with Gasteiger partial charge in [-0.15, -0.1) is 0 Å². The van der Waals surface area contributed by atoms with Crippen molar-refractivity contribution in [2.24, 2.45) is 5.73 Å². The molecule has 0 saturated carbocycles. The van der Waals surface area contributed by atoms with Gasteiger partial charge in [-0.1, -0.05) is 53.5 Å². The zero-order chi connectivity index (χ0) is 18.6. The average Bonchev–Trinajstić information content (AvgIpc) is 2.55. The molecule has 0 aliphatic heterocycles. The van der Waals surface area contributed by atoms with E-state index in [1.165, 1.54) is 12.1 Å². The molecule has 0 aliphatic rings. The Labute approximate surface area is 154 Å². The largest absolute Gasteiger partial charge is 0.351 e. The summed E-state index contributed by atoms with van der Waals surface area (Å²) in [6, 6.07) is 8.87. The molecule has 0 heterocycles. The van der Waals surface area contributed by atoms with Crippen LogP contribution in [0.4, 0.5) is 9.18 Å². The summed E-state index contributed by atoms with van der Waals surface area (Å²) in [6.07, 6.45) is 0. The topological polar surface area (TPSA) is 84.2 Å². The van der Waals surface area contributed by atoms with Gasteiger partial charge in [0.1, 0.15) is 11.9 Å². The van der Waals surface area contributed by atoms with Crippen molar-refractivity contribution in [1.82, 2.24) is 10.6 Å². The van der Waals surface area contributed by atoms with E-state index in [-0.39, 0.29) is 10.0 Å². The van der Waals surface area contributed by atoms with Crippen molar-refractivity contribution in [1.29, 1.82) is 0 Å². The Hall–Kier alpha value is -2.15. The second-order valence-corrected chi connectivity index (χ2v) is 6.19. The molecule has 2 rings (SSSR count). The third-order valence-corrected chi connectivity index (χ3v) is 4.18. The Morgan fingerprint density at radius 1 is 1.12 bits per heavy atom. The van der Waals surface area contributed by atoms with Gasteiger partial charge in [-0.25, -0.2) is 9.18 Å². The molecule has 132 valence electrons. The maximum Gasteiger partial charge on any atom is 0.318 e. The van der Waals surface area contributed by atoms with E-state index >= 15 is 0 Å². The predicted octanol–water partition coefficient (Wildman–Crippen LogP) is 3.72. The van der Waals surface area contributed by atoms with Crippen LogP contribution in [0.15, 0.2) is 42.5 Å². The van der Waals surface area contributed by atoms with Crippen LogP contribution in [0.3, 0.4) is 0 Å². The SMILES string of the molecule is C[C@H](N[C@@H](C(=O)NC(N)=O)c1ccccc1)c1cc(F)c(Cl)cc1Cl. The molecular formula is C17H16Cl2FN3O2. The summed E-state index contributed by atoms with van der Waals surface area (Å²) < 4.78 is 13.8. The smallest absolute Gasteiger partial charge is 0.318 e. The minimum Gasteiger partial charge on any atom is -0.351 e. The summed E-state index contributed by atoms with van der Waals surface area (Å²) in [7, 11) is 0. The van der Waals surface area contributed by atoms with Crippen LogP contribution in [0.25, 0.3) is 0 Å². The number of carbonyl (C=O) groups excluding carboxylic acids is 2. The lowest BCUT2D eigenvalue weighted by Gasteiger charge is -2.23. The van der Waals surface area contributed by atoms with Gasteiger partial charge in [0.25, 0.3) is 0 Å². The van der Waals surface area contributed by atoms with Crippen LogP contribution in [-0.4, -0.2) is 11.9 Å². The third-order valence-electron chi connectivity index (χ3n) is 3.56. The van der Waals surface area contributed by atoms with E-state index in [9.17, 15) is 14.0 Å². The van der Waals surface area contributed by atoms with E-state index in [1.54, 1.807) is 37.3 Å². The highest BCUT2D eigenvalue weighted by molar-refractivity contribution is 6.35. The molecule has 0 bridgehead atoms. The molecule has 25 heavy (non-hydrogen) atoms. The Morgan fingerprint density at radius 3 is 2.36 bits per heavy atom. The van der Waals surface area contributed by atoms with Crippen LogP contribution < -0.4 is 16.4 Å². The summed E-state index contributed by atoms with van der Waals surface area (Å²) in [5.74, 6) is -1.25. The highest BCUT2D eigenvalue weighted by Crippen LogP contribution is 2.30. The molecule has 8 heteroatoms. The van der Waals surface area contributed by atoms with Crippen LogP contribution >= 0.6 is 23.2 Å². The highest BCUT2D eigenvalue weighted by atomic mass is 35.5. The van der Waals surface area contributed by atoms with E-state index in [1.807, 2.05) is 5.32 Å². The number of carbonyl (C=O) groups is 2. The van der Waals surface area contributed by atoms with Crippen molar-refractivity contribution in [2.45, 2.75) is 19.0 Å². The molecule has 0 unspecified atom stereocenters. The van der Waals surface area contributed by atoms with Gasteiger partial charge in [0, 0.05) is 11.1 Å². The Balaban J connectivity index is 2.31. The lowest BCUT2D eigenvalue weighted by atomic mass is 10.0. The number of primary amides is 1. The first-order valence-corrected chi connectivity index (χ1v) is 8.11. The summed E-state index contributed by atoms with van der Waals surface area (Å²) in [5, 5.41) is 5.24. The van der Waals surface area contributed by atoms with Crippen molar-refractivity contribution in [3.8, 4) is 0 Å². The maximum atomic E-state index is 13.8. The van der Waals surface area contributed by atoms with Crippen molar-refractivity contribution in [2.75, 3.05) is 0 Å². The van der Waals surface area contributed by atoms with Crippen molar-refractivity contribution >= 4 is 35.1 Å². The predicted molar refractivity (Wildman–Crippen MR) is 94.9 cm³/mol. The number of benzene rings is 2. The number of amides is 3. The van der Waals surface area contributed by atoms with Gasteiger partial charge in [0.2, 0.25) is 5.91 Å². The second kappa shape index (κ2) is 8.29. The molecule has 3 amide bonds. The number of hydrogen-bond acceptors (Lipinski definition) is 3. The van der Waals surface area contributed by atoms with E-state index < -0.39 is 29.8 Å². The summed E-state index contributed by atoms with van der Waals surface area (Å²) in [5.41, 5.74) is 6.06. The van der Waals surface area contributed by atoms with Crippen LogP contribution in [0.2, 0.25) is 10.0 Å². The van der Waals surface area contributed by atoms with E-state index in [0.29, 0.717) is 11.1 Å². The van der Waals surface area contributed by atoms with Gasteiger partial charge in [-0.2, -0.15) is 0 Å². The monoisotopic (exact) mass is 383 g/mol. The minimum absolute atomic E-state index is 0.0907. The molecule has 5 nitrogen and oxygen atoms in total. The molecule has 0 aliphatic carbocycles. The van der Waals surface area contributed by atoms with Gasteiger partial charge in [0.05, 0.1) is 5.02 Å². The van der Waals surface area contributed by atoms with Crippen LogP contribution in [0, 0.1) is 5.82 Å². The molecule has 0 radical (unpaired) electrons. The number of nitrogens with one attached hydrogen (secondary N) is 2. The van der Waals surface area contributed by atoms with E-state index in [2.05, 4.69) is 5.32 Å². The quantitative estimate of drug-likeness (QED) is 0.687. The third kappa shape index (κ3) is 4.92. The first-order valence-electron chi connectivity index (χ1n) is 7.35. The lowest BCUT2D eigenvalue weighted by molar-refractivity contribution is -0.122. The highest BCUT2D eigenvalue weighted by Gasteiger charge is 2.25. The second-order valence-electron chi connectivity index (χ2n) is 5.37. The Bertz CT molecular complexity index is 787. The average molecular weight is 384 g/mol. The Morgan fingerprint density at radius 2 is 1.76 bits per heavy atom. The fraction of sp³-hybridized carbons (Fsp3) is 0.176. The zero-order valence-corrected chi connectivity index (χ0v) is 14.7. The van der Waals surface area contributed by atoms with Crippen molar-refractivity contribution < 1.29 is 14.0 Å². The van der Waals surface area contributed by atoms with Crippen LogP contribution in [-0.2, 0) is 4.79 Å². The summed E-state index contributed by atoms with van der Waals surface area (Å²) in [4.78, 5) is 23.3. The first kappa shape index (κ1) is 19.2. The molecule has 2 aromatic rings. The number of rotatable bonds is 5. The molecule has 0 fully saturated rings. The molecule has 2 aromatic carbocycles. The Kier molecular flexibility index (Phi) is 6.36. The molecule has 2 atom stereocenters. The number of hydrogen-bond donors (Lipinski definition) is 3. The van der Waals surface area contributed by atoms with Gasteiger partial charge in [-0.3, -0.25) is 15.4 Å². The van der Waals surface area contributed by atoms with Crippen LogP contribution in [0.1, 0.15) is 30.1 Å². The van der Waals surface area contributed by atoms with Gasteiger partial charge in [-0.05, 0) is 30.2 Å². The number of imide groups is 1. The fourth-order valence-corrected chi connectivity index (χ4v) is 2.92. The molecule has 0 saturated heterocycles. The summed E-state index contributed by atoms with van der Waals surface area (Å²) >= 11 is 11.8. The van der Waals surface area contributed by atoms with Crippen molar-refractivity contribution in [3.63, 3.8) is 0 Å².